The molecule has 0 bridgehead atoms. The van der Waals surface area contributed by atoms with Crippen molar-refractivity contribution in [3.05, 3.63) is 22.3 Å². The Bertz CT molecular complexity index is 760. The van der Waals surface area contributed by atoms with E-state index in [2.05, 4.69) is 17.1 Å². The lowest BCUT2D eigenvalue weighted by Gasteiger charge is -2.35. The molecule has 1 aliphatic carbocycles. The fraction of sp³-hybridized carbons (Fsp3) is 0.588. The maximum Gasteiger partial charge on any atom is 0.236 e. The van der Waals surface area contributed by atoms with E-state index < -0.39 is 0 Å². The Labute approximate surface area is 162 Å². The smallest absolute Gasteiger partial charge is 0.236 e. The highest BCUT2D eigenvalue weighted by molar-refractivity contribution is 8.00. The van der Waals surface area contributed by atoms with Crippen molar-refractivity contribution in [3.63, 3.8) is 0 Å². The van der Waals surface area contributed by atoms with Gasteiger partial charge in [-0.2, -0.15) is 0 Å². The summed E-state index contributed by atoms with van der Waals surface area (Å²) in [4.78, 5) is 15.0. The highest BCUT2D eigenvalue weighted by Gasteiger charge is 2.29. The van der Waals surface area contributed by atoms with E-state index in [1.165, 1.54) is 31.0 Å². The number of carbonyl (C=O) groups is 1. The fourth-order valence-corrected chi connectivity index (χ4v) is 4.81. The quantitative estimate of drug-likeness (QED) is 0.682. The molecule has 1 saturated carbocycles. The summed E-state index contributed by atoms with van der Waals surface area (Å²) < 4.78 is 1.75. The molecule has 0 N–H and O–H groups in total. The van der Waals surface area contributed by atoms with E-state index >= 15 is 0 Å². The lowest BCUT2D eigenvalue weighted by Crippen LogP contribution is -2.44. The third kappa shape index (κ3) is 4.07. The molecule has 0 radical (unpaired) electrons. The van der Waals surface area contributed by atoms with Gasteiger partial charge in [-0.1, -0.05) is 54.2 Å². The summed E-state index contributed by atoms with van der Waals surface area (Å²) in [5.74, 6) is 0.157. The zero-order valence-electron chi connectivity index (χ0n) is 14.4. The first-order valence-corrected chi connectivity index (χ1v) is 10.3. The molecule has 136 valence electrons. The molecule has 1 fully saturated rings. The van der Waals surface area contributed by atoms with Gasteiger partial charge in [0.1, 0.15) is 0 Å². The molecule has 2 aromatic heterocycles. The number of pyridine rings is 1. The Hall–Kier alpha value is -0.980. The number of fused-ring (bicyclic) bond motifs is 1. The molecular weight excluding hydrogens is 379 g/mol. The van der Waals surface area contributed by atoms with E-state index in [0.717, 1.165) is 19.4 Å². The van der Waals surface area contributed by atoms with E-state index in [1.54, 1.807) is 16.7 Å². The predicted octanol–water partition coefficient (Wildman–Crippen LogP) is 4.70. The molecule has 3 rings (SSSR count). The van der Waals surface area contributed by atoms with Crippen LogP contribution in [0.1, 0.15) is 46.0 Å². The second-order valence-electron chi connectivity index (χ2n) is 6.36. The largest absolute Gasteiger partial charge is 0.339 e. The fourth-order valence-electron chi connectivity index (χ4n) is 3.41. The molecule has 0 spiro atoms. The van der Waals surface area contributed by atoms with Gasteiger partial charge in [-0.3, -0.25) is 9.20 Å². The van der Waals surface area contributed by atoms with Crippen LogP contribution in [0.25, 0.3) is 5.65 Å². The average Bonchev–Trinajstić information content (AvgIpc) is 2.99. The zero-order valence-corrected chi connectivity index (χ0v) is 16.7. The van der Waals surface area contributed by atoms with Crippen molar-refractivity contribution in [1.29, 1.82) is 0 Å². The lowest BCUT2D eigenvalue weighted by molar-refractivity contribution is -0.133. The van der Waals surface area contributed by atoms with Crippen LogP contribution in [0.5, 0.6) is 0 Å². The van der Waals surface area contributed by atoms with Crippen molar-refractivity contribution in [2.75, 3.05) is 6.54 Å². The second kappa shape index (κ2) is 8.14. The van der Waals surface area contributed by atoms with Gasteiger partial charge in [0.05, 0.1) is 15.3 Å². The minimum Gasteiger partial charge on any atom is -0.339 e. The Morgan fingerprint density at radius 3 is 2.76 bits per heavy atom. The second-order valence-corrected chi connectivity index (χ2v) is 8.51. The molecule has 2 heterocycles. The molecule has 8 heteroatoms. The number of hydrogen-bond donors (Lipinski definition) is 0. The van der Waals surface area contributed by atoms with Crippen molar-refractivity contribution >= 4 is 46.5 Å². The van der Waals surface area contributed by atoms with Gasteiger partial charge < -0.3 is 4.90 Å². The van der Waals surface area contributed by atoms with E-state index in [4.69, 9.17) is 23.2 Å². The molecule has 0 saturated heterocycles. The molecule has 5 nitrogen and oxygen atoms in total. The van der Waals surface area contributed by atoms with E-state index in [9.17, 15) is 4.79 Å². The molecule has 0 unspecified atom stereocenters. The normalized spacial score (nSPS) is 17.0. The number of hydrogen-bond acceptors (Lipinski definition) is 4. The number of thioether (sulfide) groups is 1. The maximum atomic E-state index is 13.0. The number of amides is 1. The SMILES string of the molecule is CCN(C(=O)[C@@H](C)Sc1nnc2c(Cl)cc(Cl)cn12)C1CCCCC1. The maximum absolute atomic E-state index is 13.0. The first-order chi connectivity index (χ1) is 12.0. The first-order valence-electron chi connectivity index (χ1n) is 8.68. The summed E-state index contributed by atoms with van der Waals surface area (Å²) >= 11 is 13.6. The molecule has 0 aliphatic heterocycles. The van der Waals surface area contributed by atoms with Crippen molar-refractivity contribution in [2.24, 2.45) is 0 Å². The van der Waals surface area contributed by atoms with E-state index in [0.29, 0.717) is 26.9 Å². The third-order valence-corrected chi connectivity index (χ3v) is 6.19. The van der Waals surface area contributed by atoms with Crippen LogP contribution >= 0.6 is 35.0 Å². The van der Waals surface area contributed by atoms with Gasteiger partial charge in [0.2, 0.25) is 5.91 Å². The van der Waals surface area contributed by atoms with Gasteiger partial charge in [-0.15, -0.1) is 10.2 Å². The number of halogens is 2. The highest BCUT2D eigenvalue weighted by atomic mass is 35.5. The Morgan fingerprint density at radius 2 is 2.08 bits per heavy atom. The van der Waals surface area contributed by atoms with E-state index in [-0.39, 0.29) is 11.2 Å². The van der Waals surface area contributed by atoms with E-state index in [1.807, 2.05) is 11.8 Å². The van der Waals surface area contributed by atoms with Crippen LogP contribution in [0.15, 0.2) is 17.4 Å². The molecule has 2 aromatic rings. The van der Waals surface area contributed by atoms with Gasteiger partial charge >= 0.3 is 0 Å². The van der Waals surface area contributed by atoms with Crippen molar-refractivity contribution in [1.82, 2.24) is 19.5 Å². The Balaban J connectivity index is 1.77. The summed E-state index contributed by atoms with van der Waals surface area (Å²) in [5.41, 5.74) is 0.549. The van der Waals surface area contributed by atoms with Gasteiger partial charge in [-0.25, -0.2) is 0 Å². The highest BCUT2D eigenvalue weighted by Crippen LogP contribution is 2.30. The minimum absolute atomic E-state index is 0.157. The van der Waals surface area contributed by atoms with Crippen molar-refractivity contribution in [3.8, 4) is 0 Å². The molecular formula is C17H22Cl2N4OS. The molecule has 0 aromatic carbocycles. The molecule has 25 heavy (non-hydrogen) atoms. The van der Waals surface area contributed by atoms with Gasteiger partial charge in [0, 0.05) is 18.8 Å². The summed E-state index contributed by atoms with van der Waals surface area (Å²) in [6, 6.07) is 2.01. The first kappa shape index (κ1) is 18.8. The lowest BCUT2D eigenvalue weighted by atomic mass is 9.94. The topological polar surface area (TPSA) is 50.5 Å². The average molecular weight is 401 g/mol. The zero-order chi connectivity index (χ0) is 18.0. The van der Waals surface area contributed by atoms with Crippen LogP contribution in [0.2, 0.25) is 10.0 Å². The Kier molecular flexibility index (Phi) is 6.12. The number of nitrogens with zero attached hydrogens (tertiary/aromatic N) is 4. The van der Waals surface area contributed by atoms with Gasteiger partial charge in [-0.05, 0) is 32.8 Å². The van der Waals surface area contributed by atoms with Crippen LogP contribution < -0.4 is 0 Å². The summed E-state index contributed by atoms with van der Waals surface area (Å²) in [5, 5.41) is 9.62. The Morgan fingerprint density at radius 1 is 1.36 bits per heavy atom. The van der Waals surface area contributed by atoms with Gasteiger partial charge in [0.25, 0.3) is 0 Å². The summed E-state index contributed by atoms with van der Waals surface area (Å²) in [7, 11) is 0. The number of aromatic nitrogens is 3. The minimum atomic E-state index is -0.243. The predicted molar refractivity (Wildman–Crippen MR) is 103 cm³/mol. The van der Waals surface area contributed by atoms with Crippen LogP contribution in [0.4, 0.5) is 0 Å². The standard InChI is InChI=1S/C17H22Cl2N4OS/c1-3-22(13-7-5-4-6-8-13)16(24)11(2)25-17-21-20-15-14(19)9-12(18)10-23(15)17/h9-11,13H,3-8H2,1-2H3/t11-/m1/s1. The van der Waals surface area contributed by atoms with Crippen LogP contribution in [-0.4, -0.2) is 43.2 Å². The summed E-state index contributed by atoms with van der Waals surface area (Å²) in [6.45, 7) is 4.72. The van der Waals surface area contributed by atoms with Crippen LogP contribution in [0, 0.1) is 0 Å². The number of rotatable bonds is 5. The number of carbonyl (C=O) groups excluding carboxylic acids is 1. The van der Waals surface area contributed by atoms with Crippen molar-refractivity contribution in [2.45, 2.75) is 62.4 Å². The van der Waals surface area contributed by atoms with Crippen molar-refractivity contribution < 1.29 is 4.79 Å². The molecule has 1 atom stereocenters. The third-order valence-electron chi connectivity index (χ3n) is 4.66. The summed E-state index contributed by atoms with van der Waals surface area (Å²) in [6.07, 6.45) is 7.64. The molecule has 1 amide bonds. The van der Waals surface area contributed by atoms with Gasteiger partial charge in [0.15, 0.2) is 10.8 Å². The monoisotopic (exact) mass is 400 g/mol. The molecule has 1 aliphatic rings. The van der Waals surface area contributed by atoms with Crippen LogP contribution in [-0.2, 0) is 4.79 Å². The van der Waals surface area contributed by atoms with Crippen LogP contribution in [0.3, 0.4) is 0 Å².